The number of thioether (sulfide) groups is 1. The number of benzene rings is 1. The maximum absolute atomic E-state index is 12.6. The van der Waals surface area contributed by atoms with Gasteiger partial charge in [0.2, 0.25) is 0 Å². The molecular weight excluding hydrogens is 314 g/mol. The molecule has 0 bridgehead atoms. The lowest BCUT2D eigenvalue weighted by Crippen LogP contribution is -2.11. The van der Waals surface area contributed by atoms with Gasteiger partial charge in [-0.15, -0.1) is 21.5 Å². The highest BCUT2D eigenvalue weighted by Crippen LogP contribution is 2.41. The molecule has 0 amide bonds. The quantitative estimate of drug-likeness (QED) is 0.869. The topological polar surface area (TPSA) is 66.7 Å². The molecule has 0 unspecified atom stereocenters. The number of allylic oxidation sites excluding steroid dienone is 1. The van der Waals surface area contributed by atoms with Gasteiger partial charge in [0, 0.05) is 0 Å². The Balaban J connectivity index is 1.89. The van der Waals surface area contributed by atoms with Crippen LogP contribution >= 0.6 is 23.1 Å². The van der Waals surface area contributed by atoms with Crippen LogP contribution in [0, 0.1) is 12.3 Å². The van der Waals surface area contributed by atoms with Crippen molar-refractivity contribution in [3.8, 4) is 0 Å². The molecule has 0 spiro atoms. The van der Waals surface area contributed by atoms with Gasteiger partial charge in [-0.05, 0) is 25.0 Å². The van der Waals surface area contributed by atoms with Crippen molar-refractivity contribution in [1.82, 2.24) is 10.2 Å². The molecule has 2 heterocycles. The summed E-state index contributed by atoms with van der Waals surface area (Å²) >= 11 is 2.65. The summed E-state index contributed by atoms with van der Waals surface area (Å²) in [5, 5.41) is 18.1. The van der Waals surface area contributed by atoms with Crippen LogP contribution in [0.5, 0.6) is 0 Å². The fraction of sp³-hybridized carbons (Fsp3) is 0.250. The van der Waals surface area contributed by atoms with Crippen LogP contribution in [0.15, 0.2) is 29.2 Å². The summed E-state index contributed by atoms with van der Waals surface area (Å²) in [5.41, 5.74) is 2.15. The molecule has 6 heteroatoms. The Morgan fingerprint density at radius 1 is 1.27 bits per heavy atom. The number of aromatic nitrogens is 2. The molecule has 1 aliphatic rings. The van der Waals surface area contributed by atoms with E-state index < -0.39 is 5.92 Å². The Labute approximate surface area is 137 Å². The Bertz CT molecular complexity index is 762. The van der Waals surface area contributed by atoms with Crippen molar-refractivity contribution in [2.75, 3.05) is 0 Å². The molecule has 3 rings (SSSR count). The molecule has 0 saturated carbocycles. The van der Waals surface area contributed by atoms with E-state index in [1.54, 1.807) is 0 Å². The summed E-state index contributed by atoms with van der Waals surface area (Å²) in [6, 6.07) is 7.98. The van der Waals surface area contributed by atoms with Crippen molar-refractivity contribution < 1.29 is 4.79 Å². The van der Waals surface area contributed by atoms with E-state index in [0.717, 1.165) is 17.0 Å². The predicted molar refractivity (Wildman–Crippen MR) is 91.5 cm³/mol. The first-order valence-corrected chi connectivity index (χ1v) is 8.63. The minimum atomic E-state index is -0.570. The van der Waals surface area contributed by atoms with E-state index in [0.29, 0.717) is 15.0 Å². The largest absolute Gasteiger partial charge is 0.297 e. The number of hydrogen-bond acceptors (Lipinski definition) is 6. The third-order valence-corrected chi connectivity index (χ3v) is 5.52. The Hall–Kier alpha value is -1.79. The second-order valence-corrected chi connectivity index (χ2v) is 7.25. The minimum absolute atomic E-state index is 0.0469. The highest BCUT2D eigenvalue weighted by atomic mass is 32.2. The highest BCUT2D eigenvalue weighted by Gasteiger charge is 2.39. The van der Waals surface area contributed by atoms with Crippen LogP contribution in [0.1, 0.15) is 34.0 Å². The lowest BCUT2D eigenvalue weighted by atomic mass is 10.0. The fourth-order valence-corrected chi connectivity index (χ4v) is 4.11. The summed E-state index contributed by atoms with van der Waals surface area (Å²) in [6.45, 7) is 4.03. The molecular formula is C16H15N3OS2. The van der Waals surface area contributed by atoms with E-state index in [2.05, 4.69) is 10.2 Å². The van der Waals surface area contributed by atoms with Gasteiger partial charge in [0.05, 0.1) is 9.95 Å². The normalized spacial score (nSPS) is 20.1. The second kappa shape index (κ2) is 6.14. The summed E-state index contributed by atoms with van der Waals surface area (Å²) in [6.07, 6.45) is 2.65. The Morgan fingerprint density at radius 3 is 2.64 bits per heavy atom. The van der Waals surface area contributed by atoms with Crippen molar-refractivity contribution in [2.45, 2.75) is 26.2 Å². The highest BCUT2D eigenvalue weighted by molar-refractivity contribution is 8.19. The molecule has 0 radical (unpaired) electrons. The molecule has 1 aliphatic heterocycles. The first-order chi connectivity index (χ1) is 10.6. The third-order valence-electron chi connectivity index (χ3n) is 3.39. The van der Waals surface area contributed by atoms with E-state index in [1.807, 2.05) is 44.2 Å². The van der Waals surface area contributed by atoms with Crippen molar-refractivity contribution >= 4 is 40.0 Å². The van der Waals surface area contributed by atoms with E-state index in [9.17, 15) is 4.79 Å². The predicted octanol–water partition coefficient (Wildman–Crippen LogP) is 3.83. The van der Waals surface area contributed by atoms with Crippen molar-refractivity contribution in [3.05, 3.63) is 50.3 Å². The average molecular weight is 329 g/mol. The smallest absolute Gasteiger partial charge is 0.186 e. The molecule has 1 atom stereocenters. The van der Waals surface area contributed by atoms with E-state index in [4.69, 9.17) is 5.41 Å². The van der Waals surface area contributed by atoms with E-state index >= 15 is 0 Å². The number of aryl methyl sites for hydroxylation is 2. The number of Topliss-reactive ketones (excluding diaryl/α,β-unsaturated/α-hetero) is 1. The van der Waals surface area contributed by atoms with Gasteiger partial charge in [-0.2, -0.15) is 0 Å². The number of ketones is 1. The maximum atomic E-state index is 12.6. The van der Waals surface area contributed by atoms with Crippen LogP contribution in [-0.2, 0) is 11.2 Å². The van der Waals surface area contributed by atoms with Gasteiger partial charge in [0.1, 0.15) is 15.9 Å². The number of carbonyl (C=O) groups excluding carboxylic acids is 1. The molecule has 1 fully saturated rings. The number of rotatable bonds is 3. The fourth-order valence-electron chi connectivity index (χ4n) is 2.15. The summed E-state index contributed by atoms with van der Waals surface area (Å²) in [4.78, 5) is 13.2. The maximum Gasteiger partial charge on any atom is 0.186 e. The van der Waals surface area contributed by atoms with Crippen LogP contribution in [0.4, 0.5) is 0 Å². The lowest BCUT2D eigenvalue weighted by molar-refractivity contribution is -0.114. The number of nitrogens with one attached hydrogen (secondary N) is 1. The van der Waals surface area contributed by atoms with Crippen molar-refractivity contribution in [3.63, 3.8) is 0 Å². The van der Waals surface area contributed by atoms with Crippen LogP contribution < -0.4 is 0 Å². The molecule has 4 nitrogen and oxygen atoms in total. The number of carbonyl (C=O) groups is 1. The van der Waals surface area contributed by atoms with E-state index in [1.165, 1.54) is 28.7 Å². The van der Waals surface area contributed by atoms with Crippen LogP contribution in [0.3, 0.4) is 0 Å². The lowest BCUT2D eigenvalue weighted by Gasteiger charge is -2.00. The van der Waals surface area contributed by atoms with Crippen LogP contribution in [-0.4, -0.2) is 21.0 Å². The summed E-state index contributed by atoms with van der Waals surface area (Å²) in [5.74, 6) is -0.617. The van der Waals surface area contributed by atoms with Gasteiger partial charge in [-0.3, -0.25) is 10.2 Å². The van der Waals surface area contributed by atoms with Gasteiger partial charge in [0.15, 0.2) is 5.78 Å². The molecule has 112 valence electrons. The molecule has 22 heavy (non-hydrogen) atoms. The number of nitrogens with zero attached hydrogens (tertiary/aromatic N) is 2. The zero-order valence-electron chi connectivity index (χ0n) is 12.3. The van der Waals surface area contributed by atoms with Gasteiger partial charge >= 0.3 is 0 Å². The zero-order chi connectivity index (χ0) is 15.7. The third kappa shape index (κ3) is 2.89. The zero-order valence-corrected chi connectivity index (χ0v) is 13.9. The Morgan fingerprint density at radius 2 is 2.00 bits per heavy atom. The molecule has 1 aromatic carbocycles. The Kier molecular flexibility index (Phi) is 4.22. The van der Waals surface area contributed by atoms with Crippen molar-refractivity contribution in [1.29, 1.82) is 5.41 Å². The monoisotopic (exact) mass is 329 g/mol. The average Bonchev–Trinajstić information content (AvgIpc) is 3.07. The molecule has 1 N–H and O–H groups in total. The van der Waals surface area contributed by atoms with Gasteiger partial charge in [0.25, 0.3) is 0 Å². The number of hydrogen-bond donors (Lipinski definition) is 1. The van der Waals surface area contributed by atoms with Crippen LogP contribution in [0.25, 0.3) is 6.08 Å². The summed E-state index contributed by atoms with van der Waals surface area (Å²) < 4.78 is 0. The van der Waals surface area contributed by atoms with Gasteiger partial charge in [-0.25, -0.2) is 0 Å². The SMILES string of the molecule is CCc1nnc([C@@H]2C(=N)S/C(=C\c3ccc(C)cc3)C2=O)s1. The molecule has 1 aromatic heterocycles. The molecule has 1 saturated heterocycles. The van der Waals surface area contributed by atoms with E-state index in [-0.39, 0.29) is 5.78 Å². The molecule has 0 aliphatic carbocycles. The van der Waals surface area contributed by atoms with Gasteiger partial charge in [-0.1, -0.05) is 48.5 Å². The van der Waals surface area contributed by atoms with Crippen LogP contribution in [0.2, 0.25) is 0 Å². The molecule has 2 aromatic rings. The summed E-state index contributed by atoms with van der Waals surface area (Å²) in [7, 11) is 0. The van der Waals surface area contributed by atoms with Gasteiger partial charge < -0.3 is 0 Å². The first-order valence-electron chi connectivity index (χ1n) is 6.99. The standard InChI is InChI=1S/C16H15N3OS2/c1-3-12-18-19-16(22-12)13-14(20)11(21-15(13)17)8-10-6-4-9(2)5-7-10/h4-8,13,17H,3H2,1-2H3/b11-8-,17-15?/t13-/m0/s1. The van der Waals surface area contributed by atoms with Crippen molar-refractivity contribution in [2.24, 2.45) is 0 Å². The minimum Gasteiger partial charge on any atom is -0.297 e. The second-order valence-electron chi connectivity index (χ2n) is 5.07. The first kappa shape index (κ1) is 15.1.